The van der Waals surface area contributed by atoms with Crippen LogP contribution in [0.3, 0.4) is 0 Å². The number of nitrogens with zero attached hydrogens (tertiary/aromatic N) is 1. The first kappa shape index (κ1) is 16.7. The molecule has 8 heteroatoms. The Morgan fingerprint density at radius 1 is 1.45 bits per heavy atom. The Labute approximate surface area is 133 Å². The van der Waals surface area contributed by atoms with Crippen LogP contribution in [0, 0.1) is 10.1 Å². The fourth-order valence-electron chi connectivity index (χ4n) is 2.72. The van der Waals surface area contributed by atoms with E-state index in [0.717, 1.165) is 18.0 Å². The molecule has 2 N–H and O–H groups in total. The molecule has 22 heavy (non-hydrogen) atoms. The molecule has 1 aromatic carbocycles. The minimum absolute atomic E-state index is 0.0899. The number of benzene rings is 1. The average Bonchev–Trinajstić information content (AvgIpc) is 2.36. The molecule has 1 amide bonds. The molecule has 2 atom stereocenters. The average molecular weight is 329 g/mol. The summed E-state index contributed by atoms with van der Waals surface area (Å²) in [5.41, 5.74) is -0.0484. The van der Waals surface area contributed by atoms with Gasteiger partial charge in [0.25, 0.3) is 11.6 Å². The van der Waals surface area contributed by atoms with Crippen LogP contribution < -0.4 is 10.2 Å². The van der Waals surface area contributed by atoms with Gasteiger partial charge in [-0.25, -0.2) is 0 Å². The molecule has 1 heterocycles. The summed E-state index contributed by atoms with van der Waals surface area (Å²) in [4.78, 5) is 23.7. The quantitative estimate of drug-likeness (QED) is 0.634. The van der Waals surface area contributed by atoms with Crippen LogP contribution in [0.4, 0.5) is 11.4 Å². The van der Waals surface area contributed by atoms with Gasteiger partial charge >= 0.3 is 0 Å². The molecule has 0 aromatic heterocycles. The van der Waals surface area contributed by atoms with Crippen LogP contribution >= 0.6 is 11.6 Å². The Bertz CT molecular complexity index is 571. The maximum atomic E-state index is 12.1. The smallest absolute Gasteiger partial charge is 0.292 e. The number of halogens is 1. The summed E-state index contributed by atoms with van der Waals surface area (Å²) in [6.07, 6.45) is 0.180. The Kier molecular flexibility index (Phi) is 5.33. The topological polar surface area (TPSA) is 85.9 Å². The molecule has 1 aromatic rings. The number of ether oxygens (including phenoxy) is 1. The van der Waals surface area contributed by atoms with Crippen molar-refractivity contribution >= 4 is 28.9 Å². The first-order valence-corrected chi connectivity index (χ1v) is 7.45. The number of nitro benzene ring substituents is 1. The van der Waals surface area contributed by atoms with Gasteiger partial charge in [0.2, 0.25) is 0 Å². The minimum atomic E-state index is -0.544. The van der Waals surface area contributed by atoms with E-state index in [9.17, 15) is 14.9 Å². The summed E-state index contributed by atoms with van der Waals surface area (Å²) < 4.78 is 5.62. The van der Waals surface area contributed by atoms with Gasteiger partial charge in [-0.2, -0.15) is 0 Å². The van der Waals surface area contributed by atoms with E-state index < -0.39 is 4.92 Å². The van der Waals surface area contributed by atoms with E-state index >= 15 is 0 Å². The van der Waals surface area contributed by atoms with Gasteiger partial charge in [0.15, 0.2) is 6.54 Å². The number of nitro groups is 1. The van der Waals surface area contributed by atoms with Gasteiger partial charge in [0, 0.05) is 11.1 Å². The number of quaternary nitrogens is 1. The zero-order chi connectivity index (χ0) is 16.3. The van der Waals surface area contributed by atoms with Crippen molar-refractivity contribution in [1.82, 2.24) is 0 Å². The van der Waals surface area contributed by atoms with Crippen molar-refractivity contribution in [2.75, 3.05) is 25.0 Å². The van der Waals surface area contributed by atoms with Gasteiger partial charge in [-0.3, -0.25) is 14.9 Å². The van der Waals surface area contributed by atoms with Crippen LogP contribution in [-0.4, -0.2) is 42.7 Å². The van der Waals surface area contributed by atoms with Crippen molar-refractivity contribution in [3.63, 3.8) is 0 Å². The summed E-state index contributed by atoms with van der Waals surface area (Å²) in [5, 5.41) is 13.9. The second-order valence-corrected chi connectivity index (χ2v) is 6.00. The predicted octanol–water partition coefficient (Wildman–Crippen LogP) is 0.879. The van der Waals surface area contributed by atoms with Gasteiger partial charge < -0.3 is 15.0 Å². The second-order valence-electron chi connectivity index (χ2n) is 5.56. The fraction of sp³-hybridized carbons (Fsp3) is 0.500. The Morgan fingerprint density at radius 3 is 2.68 bits per heavy atom. The number of amides is 1. The van der Waals surface area contributed by atoms with Crippen LogP contribution in [0.15, 0.2) is 18.2 Å². The van der Waals surface area contributed by atoms with E-state index in [1.165, 1.54) is 18.2 Å². The lowest BCUT2D eigenvalue weighted by Crippen LogP contribution is -3.16. The van der Waals surface area contributed by atoms with Crippen molar-refractivity contribution in [3.05, 3.63) is 33.3 Å². The molecule has 1 fully saturated rings. The Balaban J connectivity index is 2.03. The Morgan fingerprint density at radius 2 is 2.09 bits per heavy atom. The zero-order valence-corrected chi connectivity index (χ0v) is 13.2. The first-order chi connectivity index (χ1) is 10.3. The highest BCUT2D eigenvalue weighted by atomic mass is 35.5. The third-order valence-corrected chi connectivity index (χ3v) is 3.69. The zero-order valence-electron chi connectivity index (χ0n) is 12.5. The van der Waals surface area contributed by atoms with E-state index in [0.29, 0.717) is 5.02 Å². The standard InChI is InChI=1S/C14H18ClN3O4/c1-9-6-17(7-10(2)22-9)8-14(19)16-12-5-11(15)3-4-13(12)18(20)21/h3-5,9-10H,6-8H2,1-2H3,(H,16,19)/p+1/t9-,10-/m1/s1. The number of carbonyl (C=O) groups is 1. The lowest BCUT2D eigenvalue weighted by molar-refractivity contribution is -0.907. The highest BCUT2D eigenvalue weighted by Crippen LogP contribution is 2.27. The van der Waals surface area contributed by atoms with E-state index in [-0.39, 0.29) is 36.0 Å². The maximum Gasteiger partial charge on any atom is 0.292 e. The van der Waals surface area contributed by atoms with Crippen LogP contribution in [0.1, 0.15) is 13.8 Å². The molecular formula is C14H19ClN3O4+. The first-order valence-electron chi connectivity index (χ1n) is 7.08. The molecule has 0 bridgehead atoms. The summed E-state index contributed by atoms with van der Waals surface area (Å²) in [5.74, 6) is -0.276. The molecular weight excluding hydrogens is 310 g/mol. The number of carbonyl (C=O) groups excluding carboxylic acids is 1. The van der Waals surface area contributed by atoms with Gasteiger partial charge in [-0.1, -0.05) is 11.6 Å². The summed E-state index contributed by atoms with van der Waals surface area (Å²) in [7, 11) is 0. The number of rotatable bonds is 4. The molecule has 0 aliphatic carbocycles. The summed E-state index contributed by atoms with van der Waals surface area (Å²) in [6, 6.07) is 4.09. The number of anilines is 1. The van der Waals surface area contributed by atoms with Crippen molar-refractivity contribution in [2.45, 2.75) is 26.1 Å². The lowest BCUT2D eigenvalue weighted by Gasteiger charge is -2.31. The summed E-state index contributed by atoms with van der Waals surface area (Å²) in [6.45, 7) is 5.64. The van der Waals surface area contributed by atoms with E-state index in [2.05, 4.69) is 5.32 Å². The number of morpholine rings is 1. The largest absolute Gasteiger partial charge is 0.364 e. The van der Waals surface area contributed by atoms with Crippen LogP contribution in [0.25, 0.3) is 0 Å². The van der Waals surface area contributed by atoms with Crippen molar-refractivity contribution < 1.29 is 19.4 Å². The van der Waals surface area contributed by atoms with Gasteiger partial charge in [-0.15, -0.1) is 0 Å². The van der Waals surface area contributed by atoms with Crippen LogP contribution in [-0.2, 0) is 9.53 Å². The molecule has 7 nitrogen and oxygen atoms in total. The molecule has 120 valence electrons. The molecule has 1 saturated heterocycles. The third-order valence-electron chi connectivity index (χ3n) is 3.46. The van der Waals surface area contributed by atoms with Crippen molar-refractivity contribution in [3.8, 4) is 0 Å². The van der Waals surface area contributed by atoms with Gasteiger partial charge in [-0.05, 0) is 26.0 Å². The molecule has 0 unspecified atom stereocenters. The molecule has 0 saturated carbocycles. The van der Waals surface area contributed by atoms with Crippen LogP contribution in [0.5, 0.6) is 0 Å². The molecule has 1 aliphatic heterocycles. The minimum Gasteiger partial charge on any atom is -0.364 e. The molecule has 2 rings (SSSR count). The highest BCUT2D eigenvalue weighted by molar-refractivity contribution is 6.31. The summed E-state index contributed by atoms with van der Waals surface area (Å²) >= 11 is 5.84. The highest BCUT2D eigenvalue weighted by Gasteiger charge is 2.27. The van der Waals surface area contributed by atoms with Gasteiger partial charge in [0.1, 0.15) is 31.0 Å². The Hall–Kier alpha value is -1.70. The lowest BCUT2D eigenvalue weighted by atomic mass is 10.2. The number of nitrogens with one attached hydrogen (secondary N) is 2. The second kappa shape index (κ2) is 7.04. The predicted molar refractivity (Wildman–Crippen MR) is 82.3 cm³/mol. The van der Waals surface area contributed by atoms with Crippen LogP contribution in [0.2, 0.25) is 5.02 Å². The molecule has 1 aliphatic rings. The number of hydrogen-bond donors (Lipinski definition) is 2. The SMILES string of the molecule is C[C@@H]1C[NH+](CC(=O)Nc2cc(Cl)ccc2[N+](=O)[O-])C[C@@H](C)O1. The fourth-order valence-corrected chi connectivity index (χ4v) is 2.89. The van der Waals surface area contributed by atoms with Crippen molar-refractivity contribution in [1.29, 1.82) is 0 Å². The maximum absolute atomic E-state index is 12.1. The normalized spacial score (nSPS) is 24.8. The van der Waals surface area contributed by atoms with E-state index in [4.69, 9.17) is 16.3 Å². The third kappa shape index (κ3) is 4.40. The monoisotopic (exact) mass is 328 g/mol. The van der Waals surface area contributed by atoms with Gasteiger partial charge in [0.05, 0.1) is 4.92 Å². The van der Waals surface area contributed by atoms with E-state index in [1.54, 1.807) is 0 Å². The van der Waals surface area contributed by atoms with E-state index in [1.807, 2.05) is 13.8 Å². The number of hydrogen-bond acceptors (Lipinski definition) is 4. The molecule has 0 radical (unpaired) electrons. The molecule has 0 spiro atoms. The van der Waals surface area contributed by atoms with Crippen molar-refractivity contribution in [2.24, 2.45) is 0 Å².